The third-order valence-corrected chi connectivity index (χ3v) is 8.41. The summed E-state index contributed by atoms with van der Waals surface area (Å²) in [4.78, 5) is 0. The number of aromatic nitrogens is 4. The van der Waals surface area contributed by atoms with Gasteiger partial charge in [0.15, 0.2) is 0 Å². The molecule has 4 nitrogen and oxygen atoms in total. The van der Waals surface area contributed by atoms with Gasteiger partial charge >= 0.3 is 0 Å². The summed E-state index contributed by atoms with van der Waals surface area (Å²) in [5.41, 5.74) is 10.9. The third kappa shape index (κ3) is 7.63. The number of hydrogen-bond donors (Lipinski definition) is 0. The number of rotatable bonds is 10. The lowest BCUT2D eigenvalue weighted by atomic mass is 9.92. The van der Waals surface area contributed by atoms with E-state index in [1.807, 2.05) is 0 Å². The van der Waals surface area contributed by atoms with Gasteiger partial charge in [0, 0.05) is 33.4 Å². The van der Waals surface area contributed by atoms with Crippen LogP contribution in [0.1, 0.15) is 112 Å². The van der Waals surface area contributed by atoms with E-state index in [4.69, 9.17) is 0 Å². The lowest BCUT2D eigenvalue weighted by Gasteiger charge is -2.16. The Kier molecular flexibility index (Phi) is 12.4. The van der Waals surface area contributed by atoms with Crippen LogP contribution >= 0.6 is 0 Å². The van der Waals surface area contributed by atoms with Crippen molar-refractivity contribution in [2.24, 2.45) is 0 Å². The molecule has 3 aromatic carbocycles. The van der Waals surface area contributed by atoms with Crippen LogP contribution in [0.15, 0.2) is 98.1 Å². The molecule has 0 aliphatic heterocycles. The van der Waals surface area contributed by atoms with E-state index >= 15 is 0 Å². The van der Waals surface area contributed by atoms with E-state index in [1.54, 1.807) is 0 Å². The molecule has 0 aliphatic rings. The molecule has 0 bridgehead atoms. The van der Waals surface area contributed by atoms with Crippen molar-refractivity contribution >= 4 is 0 Å². The van der Waals surface area contributed by atoms with Crippen LogP contribution in [-0.2, 0) is 13.1 Å². The zero-order valence-corrected chi connectivity index (χ0v) is 30.7. The van der Waals surface area contributed by atoms with Crippen molar-refractivity contribution in [1.82, 2.24) is 9.13 Å². The number of benzene rings is 3. The average Bonchev–Trinajstić information content (AvgIpc) is 3.62. The molecule has 5 aromatic rings. The first kappa shape index (κ1) is 35.5. The first-order valence-electron chi connectivity index (χ1n) is 15.6. The monoisotopic (exact) mass is 718 g/mol. The fraction of sp³-hybridized carbons (Fsp3) is 0.368. The highest BCUT2D eigenvalue weighted by Gasteiger charge is 2.22. The largest absolute Gasteiger partial charge is 1.00 e. The molecule has 5 rings (SSSR count). The van der Waals surface area contributed by atoms with Crippen molar-refractivity contribution in [2.45, 2.75) is 92.2 Å². The van der Waals surface area contributed by atoms with Crippen molar-refractivity contribution in [3.05, 3.63) is 131 Å². The Labute approximate surface area is 285 Å². The summed E-state index contributed by atoms with van der Waals surface area (Å²) in [7, 11) is 0. The maximum absolute atomic E-state index is 2.32. The van der Waals surface area contributed by atoms with E-state index < -0.39 is 0 Å². The maximum atomic E-state index is 2.32. The van der Waals surface area contributed by atoms with Gasteiger partial charge in [0.25, 0.3) is 0 Å². The van der Waals surface area contributed by atoms with Gasteiger partial charge in [-0.25, -0.2) is 18.3 Å². The first-order valence-corrected chi connectivity index (χ1v) is 15.6. The molecule has 0 radical (unpaired) electrons. The van der Waals surface area contributed by atoms with Crippen molar-refractivity contribution < 1.29 is 43.1 Å². The highest BCUT2D eigenvalue weighted by molar-refractivity contribution is 5.52. The Hall–Kier alpha value is -2.96. The second-order valence-corrected chi connectivity index (χ2v) is 12.9. The smallest absolute Gasteiger partial charge is 0.249 e. The summed E-state index contributed by atoms with van der Waals surface area (Å²) in [5, 5.41) is 0. The average molecular weight is 721 g/mol. The van der Waals surface area contributed by atoms with Crippen molar-refractivity contribution in [1.29, 1.82) is 0 Å². The summed E-state index contributed by atoms with van der Waals surface area (Å²) in [5.74, 6) is 1.85. The second kappa shape index (κ2) is 15.4. The van der Waals surface area contributed by atoms with Gasteiger partial charge in [0.1, 0.15) is 49.3 Å². The molecular formula is C38H48Br2N4. The number of nitrogens with zero attached hydrogens (tertiary/aromatic N) is 4. The first-order chi connectivity index (χ1) is 20.1. The van der Waals surface area contributed by atoms with Gasteiger partial charge in [-0.05, 0) is 23.7 Å². The Morgan fingerprint density at radius 1 is 0.477 bits per heavy atom. The lowest BCUT2D eigenvalue weighted by Crippen LogP contribution is -3.00. The SMILES string of the molecule is CC(C)c1cccc(C(C)C)c1-n1cc[n+](Cc2ccccc2C[n+]2ccn(-c3c(C(C)C)cccc3C(C)C)c2)c1.[Br-].[Br-]. The molecule has 0 saturated carbocycles. The number of para-hydroxylation sites is 2. The standard InChI is InChI=1S/C38H48N4.2BrH/c1-27(2)33-15-11-16-34(28(3)4)37(33)41-21-19-39(25-41)23-31-13-9-10-14-32(31)24-40-20-22-42(26-40)38-35(29(5)6)17-12-18-36(38)30(7)8;;/h9-22,25-30H,23-24H2,1-8H3;2*1H/q+2;;/p-2. The van der Waals surface area contributed by atoms with Crippen LogP contribution in [0.3, 0.4) is 0 Å². The van der Waals surface area contributed by atoms with Crippen molar-refractivity contribution in [3.8, 4) is 11.4 Å². The molecule has 44 heavy (non-hydrogen) atoms. The fourth-order valence-electron chi connectivity index (χ4n) is 6.12. The van der Waals surface area contributed by atoms with Gasteiger partial charge in [0.2, 0.25) is 12.7 Å². The predicted molar refractivity (Wildman–Crippen MR) is 173 cm³/mol. The van der Waals surface area contributed by atoms with E-state index in [2.05, 4.69) is 172 Å². The highest BCUT2D eigenvalue weighted by Crippen LogP contribution is 2.32. The zero-order chi connectivity index (χ0) is 30.0. The number of halogens is 2. The summed E-state index contributed by atoms with van der Waals surface area (Å²) < 4.78 is 9.26. The fourth-order valence-corrected chi connectivity index (χ4v) is 6.12. The van der Waals surface area contributed by atoms with E-state index in [0.29, 0.717) is 23.7 Å². The Morgan fingerprint density at radius 2 is 0.795 bits per heavy atom. The molecule has 2 heterocycles. The molecule has 0 saturated heterocycles. The van der Waals surface area contributed by atoms with Gasteiger partial charge in [-0.1, -0.05) is 116 Å². The van der Waals surface area contributed by atoms with Gasteiger partial charge in [-0.3, -0.25) is 0 Å². The van der Waals surface area contributed by atoms with Crippen LogP contribution in [0.4, 0.5) is 0 Å². The van der Waals surface area contributed by atoms with Crippen LogP contribution in [0.2, 0.25) is 0 Å². The van der Waals surface area contributed by atoms with E-state index in [9.17, 15) is 0 Å². The highest BCUT2D eigenvalue weighted by atomic mass is 79.9. The predicted octanol–water partition coefficient (Wildman–Crippen LogP) is 2.44. The molecule has 2 aromatic heterocycles. The number of imidazole rings is 2. The molecule has 0 unspecified atom stereocenters. The Morgan fingerprint density at radius 3 is 1.09 bits per heavy atom. The van der Waals surface area contributed by atoms with Crippen molar-refractivity contribution in [3.63, 3.8) is 0 Å². The summed E-state index contributed by atoms with van der Waals surface area (Å²) in [6.45, 7) is 19.9. The molecule has 6 heteroatoms. The molecule has 0 spiro atoms. The maximum Gasteiger partial charge on any atom is 0.249 e. The van der Waals surface area contributed by atoms with Gasteiger partial charge in [-0.15, -0.1) is 0 Å². The van der Waals surface area contributed by atoms with Crippen LogP contribution < -0.4 is 43.1 Å². The zero-order valence-electron chi connectivity index (χ0n) is 27.5. The summed E-state index contributed by atoms with van der Waals surface area (Å²) >= 11 is 0. The summed E-state index contributed by atoms with van der Waals surface area (Å²) in [6, 6.07) is 22.4. The van der Waals surface area contributed by atoms with Crippen LogP contribution in [0, 0.1) is 0 Å². The van der Waals surface area contributed by atoms with Crippen LogP contribution in [0.25, 0.3) is 11.4 Å². The molecule has 0 amide bonds. The Bertz CT molecular complexity index is 1480. The molecule has 0 atom stereocenters. The minimum absolute atomic E-state index is 0. The van der Waals surface area contributed by atoms with Gasteiger partial charge < -0.3 is 34.0 Å². The Balaban J connectivity index is 0.00000264. The molecule has 234 valence electrons. The topological polar surface area (TPSA) is 17.6 Å². The molecule has 0 N–H and O–H groups in total. The minimum atomic E-state index is 0. The normalized spacial score (nSPS) is 11.4. The number of hydrogen-bond acceptors (Lipinski definition) is 0. The van der Waals surface area contributed by atoms with Crippen LogP contribution in [-0.4, -0.2) is 9.13 Å². The van der Waals surface area contributed by atoms with E-state index in [-0.39, 0.29) is 34.0 Å². The molecule has 0 fully saturated rings. The van der Waals surface area contributed by atoms with Gasteiger partial charge in [0.05, 0.1) is 0 Å². The third-order valence-electron chi connectivity index (χ3n) is 8.41. The molecule has 0 aliphatic carbocycles. The van der Waals surface area contributed by atoms with Gasteiger partial charge in [-0.2, -0.15) is 0 Å². The second-order valence-electron chi connectivity index (χ2n) is 12.9. The lowest BCUT2D eigenvalue weighted by molar-refractivity contribution is -0.692. The molecular weight excluding hydrogens is 672 g/mol. The quantitative estimate of drug-likeness (QED) is 0.198. The van der Waals surface area contributed by atoms with E-state index in [1.165, 1.54) is 44.8 Å². The van der Waals surface area contributed by atoms with Crippen molar-refractivity contribution in [2.75, 3.05) is 0 Å². The summed E-state index contributed by atoms with van der Waals surface area (Å²) in [6.07, 6.45) is 13.3. The minimum Gasteiger partial charge on any atom is -1.00 e. The van der Waals surface area contributed by atoms with E-state index in [0.717, 1.165) is 13.1 Å². The van der Waals surface area contributed by atoms with Crippen LogP contribution in [0.5, 0.6) is 0 Å².